The summed E-state index contributed by atoms with van der Waals surface area (Å²) in [7, 11) is 0. The van der Waals surface area contributed by atoms with Gasteiger partial charge in [-0.15, -0.1) is 10.2 Å². The monoisotopic (exact) mass is 404 g/mol. The third kappa shape index (κ3) is 3.01. The van der Waals surface area contributed by atoms with Gasteiger partial charge in [0.15, 0.2) is 11.6 Å². The molecule has 0 bridgehead atoms. The van der Waals surface area contributed by atoms with Crippen LogP contribution in [0.3, 0.4) is 0 Å². The highest BCUT2D eigenvalue weighted by Gasteiger charge is 2.17. The van der Waals surface area contributed by atoms with E-state index in [1.807, 2.05) is 54.6 Å². The molecule has 0 saturated heterocycles. The summed E-state index contributed by atoms with van der Waals surface area (Å²) in [6, 6.07) is 17.5. The van der Waals surface area contributed by atoms with Crippen molar-refractivity contribution in [3.63, 3.8) is 0 Å². The quantitative estimate of drug-likeness (QED) is 0.533. The summed E-state index contributed by atoms with van der Waals surface area (Å²) in [5.41, 5.74) is 4.95. The molecule has 0 spiro atoms. The summed E-state index contributed by atoms with van der Waals surface area (Å²) in [5, 5.41) is 8.15. The van der Waals surface area contributed by atoms with Crippen molar-refractivity contribution < 1.29 is 4.79 Å². The molecule has 1 aromatic heterocycles. The number of ketones is 1. The lowest BCUT2D eigenvalue weighted by Crippen LogP contribution is -2.16. The van der Waals surface area contributed by atoms with Gasteiger partial charge in [-0.2, -0.15) is 0 Å². The number of carbonyl (C=O) groups excluding carboxylic acids is 1. The molecule has 2 aromatic carbocycles. The van der Waals surface area contributed by atoms with Crippen LogP contribution in [0, 0.1) is 3.57 Å². The molecular formula is C16H13IN4O. The molecule has 3 aromatic rings. The molecule has 1 N–H and O–H groups in total. The lowest BCUT2D eigenvalue weighted by atomic mass is 10.2. The van der Waals surface area contributed by atoms with Gasteiger partial charge in [0.05, 0.1) is 5.69 Å². The van der Waals surface area contributed by atoms with Gasteiger partial charge in [0, 0.05) is 16.1 Å². The van der Waals surface area contributed by atoms with Crippen molar-refractivity contribution in [1.29, 1.82) is 0 Å². The van der Waals surface area contributed by atoms with E-state index in [-0.39, 0.29) is 11.6 Å². The number of carbonyl (C=O) groups is 1. The zero-order chi connectivity index (χ0) is 15.5. The number of aromatic nitrogens is 3. The zero-order valence-electron chi connectivity index (χ0n) is 11.8. The van der Waals surface area contributed by atoms with E-state index in [9.17, 15) is 4.79 Å². The Morgan fingerprint density at radius 2 is 1.73 bits per heavy atom. The van der Waals surface area contributed by atoms with Crippen molar-refractivity contribution in [1.82, 2.24) is 14.9 Å². The fourth-order valence-electron chi connectivity index (χ4n) is 2.05. The fraction of sp³-hybridized carbons (Fsp3) is 0.0625. The minimum absolute atomic E-state index is 0.146. The van der Waals surface area contributed by atoms with Crippen LogP contribution < -0.4 is 5.43 Å². The molecule has 5 nitrogen and oxygen atoms in total. The van der Waals surface area contributed by atoms with Crippen LogP contribution in [0.25, 0.3) is 11.4 Å². The van der Waals surface area contributed by atoms with Crippen molar-refractivity contribution in [2.75, 3.05) is 5.43 Å². The molecule has 0 saturated carbocycles. The second kappa shape index (κ2) is 6.27. The van der Waals surface area contributed by atoms with Crippen molar-refractivity contribution >= 4 is 34.1 Å². The van der Waals surface area contributed by atoms with Crippen LogP contribution in [0.5, 0.6) is 0 Å². The minimum Gasteiger partial charge on any atom is -0.291 e. The van der Waals surface area contributed by atoms with Crippen molar-refractivity contribution in [3.05, 3.63) is 64.0 Å². The van der Waals surface area contributed by atoms with Crippen molar-refractivity contribution in [2.24, 2.45) is 0 Å². The molecule has 0 fully saturated rings. The van der Waals surface area contributed by atoms with Gasteiger partial charge in [-0.1, -0.05) is 30.3 Å². The second-order valence-corrected chi connectivity index (χ2v) is 5.97. The zero-order valence-corrected chi connectivity index (χ0v) is 14.0. The highest BCUT2D eigenvalue weighted by atomic mass is 127. The SMILES string of the molecule is CC(=O)c1nnc(-c2ccccc2)n1Nc1ccc(I)cc1. The summed E-state index contributed by atoms with van der Waals surface area (Å²) in [5.74, 6) is 0.731. The predicted octanol–water partition coefficient (Wildman–Crippen LogP) is 3.63. The van der Waals surface area contributed by atoms with E-state index in [2.05, 4.69) is 38.2 Å². The van der Waals surface area contributed by atoms with Gasteiger partial charge in [-0.25, -0.2) is 4.68 Å². The number of nitrogens with one attached hydrogen (secondary N) is 1. The first-order valence-corrected chi connectivity index (χ1v) is 7.77. The molecule has 0 atom stereocenters. The molecular weight excluding hydrogens is 391 g/mol. The van der Waals surface area contributed by atoms with E-state index in [1.165, 1.54) is 6.92 Å². The van der Waals surface area contributed by atoms with Gasteiger partial charge in [-0.05, 0) is 46.9 Å². The Morgan fingerprint density at radius 3 is 2.36 bits per heavy atom. The summed E-state index contributed by atoms with van der Waals surface area (Å²) in [6.07, 6.45) is 0. The summed E-state index contributed by atoms with van der Waals surface area (Å²) >= 11 is 2.25. The molecule has 0 amide bonds. The maximum absolute atomic E-state index is 11.8. The van der Waals surface area contributed by atoms with Crippen LogP contribution in [0.4, 0.5) is 5.69 Å². The number of hydrogen-bond donors (Lipinski definition) is 1. The van der Waals surface area contributed by atoms with Crippen LogP contribution in [-0.2, 0) is 0 Å². The average molecular weight is 404 g/mol. The molecule has 6 heteroatoms. The first-order chi connectivity index (χ1) is 10.6. The third-order valence-electron chi connectivity index (χ3n) is 3.10. The van der Waals surface area contributed by atoms with Gasteiger partial charge < -0.3 is 0 Å². The molecule has 0 radical (unpaired) electrons. The molecule has 0 aliphatic heterocycles. The highest BCUT2D eigenvalue weighted by Crippen LogP contribution is 2.19. The third-order valence-corrected chi connectivity index (χ3v) is 3.81. The van der Waals surface area contributed by atoms with E-state index < -0.39 is 0 Å². The summed E-state index contributed by atoms with van der Waals surface area (Å²) < 4.78 is 2.77. The maximum Gasteiger partial charge on any atom is 0.219 e. The maximum atomic E-state index is 11.8. The van der Waals surface area contributed by atoms with E-state index in [1.54, 1.807) is 4.68 Å². The predicted molar refractivity (Wildman–Crippen MR) is 93.6 cm³/mol. The molecule has 0 aliphatic rings. The normalized spacial score (nSPS) is 10.5. The van der Waals surface area contributed by atoms with Gasteiger partial charge in [0.2, 0.25) is 5.82 Å². The largest absolute Gasteiger partial charge is 0.291 e. The molecule has 22 heavy (non-hydrogen) atoms. The van der Waals surface area contributed by atoms with Gasteiger partial charge >= 0.3 is 0 Å². The molecule has 3 rings (SSSR count). The number of benzene rings is 2. The number of Topliss-reactive ketones (excluding diaryl/α,β-unsaturated/α-hetero) is 1. The number of rotatable bonds is 4. The lowest BCUT2D eigenvalue weighted by molar-refractivity contribution is 0.100. The second-order valence-electron chi connectivity index (χ2n) is 4.72. The lowest BCUT2D eigenvalue weighted by Gasteiger charge is -2.12. The van der Waals surface area contributed by atoms with Crippen LogP contribution in [0.2, 0.25) is 0 Å². The Kier molecular flexibility index (Phi) is 4.19. The highest BCUT2D eigenvalue weighted by molar-refractivity contribution is 14.1. The van der Waals surface area contributed by atoms with Gasteiger partial charge in [-0.3, -0.25) is 10.2 Å². The van der Waals surface area contributed by atoms with Crippen LogP contribution in [-0.4, -0.2) is 20.7 Å². The Balaban J connectivity index is 2.05. The van der Waals surface area contributed by atoms with Crippen molar-refractivity contribution in [2.45, 2.75) is 6.92 Å². The topological polar surface area (TPSA) is 59.8 Å². The number of nitrogens with zero attached hydrogens (tertiary/aromatic N) is 3. The summed E-state index contributed by atoms with van der Waals surface area (Å²) in [6.45, 7) is 1.48. The Hall–Kier alpha value is -2.22. The van der Waals surface area contributed by atoms with E-state index >= 15 is 0 Å². The molecule has 110 valence electrons. The average Bonchev–Trinajstić information content (AvgIpc) is 2.94. The summed E-state index contributed by atoms with van der Waals surface area (Å²) in [4.78, 5) is 11.8. The van der Waals surface area contributed by atoms with Crippen molar-refractivity contribution in [3.8, 4) is 11.4 Å². The number of anilines is 1. The fourth-order valence-corrected chi connectivity index (χ4v) is 2.41. The first-order valence-electron chi connectivity index (χ1n) is 6.69. The Morgan fingerprint density at radius 1 is 1.05 bits per heavy atom. The van der Waals surface area contributed by atoms with Crippen LogP contribution >= 0.6 is 22.6 Å². The molecule has 1 heterocycles. The standard InChI is InChI=1S/C16H13IN4O/c1-11(22)15-18-19-16(12-5-3-2-4-6-12)21(15)20-14-9-7-13(17)8-10-14/h2-10,20H,1H3. The van der Waals surface area contributed by atoms with Crippen LogP contribution in [0.1, 0.15) is 17.5 Å². The number of hydrogen-bond acceptors (Lipinski definition) is 4. The van der Waals surface area contributed by atoms with E-state index in [4.69, 9.17) is 0 Å². The first kappa shape index (κ1) is 14.7. The molecule has 0 aliphatic carbocycles. The van der Waals surface area contributed by atoms with Gasteiger partial charge in [0.1, 0.15) is 0 Å². The Bertz CT molecular complexity index is 797. The van der Waals surface area contributed by atoms with E-state index in [0.29, 0.717) is 5.82 Å². The smallest absolute Gasteiger partial charge is 0.219 e. The van der Waals surface area contributed by atoms with Crippen LogP contribution in [0.15, 0.2) is 54.6 Å². The minimum atomic E-state index is -0.146. The van der Waals surface area contributed by atoms with Gasteiger partial charge in [0.25, 0.3) is 0 Å². The number of halogens is 1. The van der Waals surface area contributed by atoms with E-state index in [0.717, 1.165) is 14.8 Å². The molecule has 0 unspecified atom stereocenters. The Labute approximate surface area is 141 Å².